The van der Waals surface area contributed by atoms with Crippen LogP contribution in [0.25, 0.3) is 0 Å². The number of nitrogens with zero attached hydrogens (tertiary/aromatic N) is 1. The molecular formula is C12H10BrF2N3O. The van der Waals surface area contributed by atoms with Gasteiger partial charge < -0.3 is 10.2 Å². The van der Waals surface area contributed by atoms with Crippen molar-refractivity contribution in [2.75, 3.05) is 5.43 Å². The lowest BCUT2D eigenvalue weighted by molar-refractivity contribution is 0.276. The Morgan fingerprint density at radius 1 is 1.21 bits per heavy atom. The summed E-state index contributed by atoms with van der Waals surface area (Å²) in [5.41, 5.74) is 2.86. The Balaban J connectivity index is 2.13. The van der Waals surface area contributed by atoms with E-state index in [-0.39, 0.29) is 18.3 Å². The van der Waals surface area contributed by atoms with Gasteiger partial charge in [0.05, 0.1) is 0 Å². The molecule has 2 rings (SSSR count). The first-order chi connectivity index (χ1) is 9.10. The third-order valence-electron chi connectivity index (χ3n) is 2.32. The summed E-state index contributed by atoms with van der Waals surface area (Å²) in [4.78, 5) is 3.61. The van der Waals surface area contributed by atoms with Gasteiger partial charge in [-0.3, -0.25) is 0 Å². The molecule has 0 bridgehead atoms. The Kier molecular flexibility index (Phi) is 4.28. The monoisotopic (exact) mass is 329 g/mol. The number of halogens is 3. The maximum absolute atomic E-state index is 13.4. The standard InChI is InChI=1S/C12H10BrF2N3O/c13-8-3-1-7(2-4-8)6-19-12-10(15)5-9(14)11(17-12)18-16/h1-5H,6,16H2,(H,17,18). The van der Waals surface area contributed by atoms with Crippen molar-refractivity contribution in [1.29, 1.82) is 0 Å². The molecule has 19 heavy (non-hydrogen) atoms. The van der Waals surface area contributed by atoms with Crippen LogP contribution in [0.3, 0.4) is 0 Å². The van der Waals surface area contributed by atoms with Crippen molar-refractivity contribution in [2.24, 2.45) is 5.84 Å². The Morgan fingerprint density at radius 3 is 2.53 bits per heavy atom. The lowest BCUT2D eigenvalue weighted by Gasteiger charge is -2.08. The fourth-order valence-corrected chi connectivity index (χ4v) is 1.65. The number of aromatic nitrogens is 1. The molecule has 0 spiro atoms. The van der Waals surface area contributed by atoms with Crippen molar-refractivity contribution < 1.29 is 13.5 Å². The van der Waals surface area contributed by atoms with Crippen molar-refractivity contribution >= 4 is 21.7 Å². The van der Waals surface area contributed by atoms with Crippen LogP contribution >= 0.6 is 15.9 Å². The predicted octanol–water partition coefficient (Wildman–Crippen LogP) is 2.99. The van der Waals surface area contributed by atoms with Gasteiger partial charge in [0.25, 0.3) is 5.88 Å². The third kappa shape index (κ3) is 3.39. The highest BCUT2D eigenvalue weighted by Gasteiger charge is 2.12. The lowest BCUT2D eigenvalue weighted by Crippen LogP contribution is -2.12. The number of nitrogens with two attached hydrogens (primary N) is 1. The van der Waals surface area contributed by atoms with Crippen LogP contribution < -0.4 is 16.0 Å². The van der Waals surface area contributed by atoms with Crippen molar-refractivity contribution in [1.82, 2.24) is 4.98 Å². The molecule has 0 saturated carbocycles. The summed E-state index contributed by atoms with van der Waals surface area (Å²) in [5, 5.41) is 0. The first kappa shape index (κ1) is 13.7. The van der Waals surface area contributed by atoms with Crippen molar-refractivity contribution in [3.63, 3.8) is 0 Å². The second-order valence-corrected chi connectivity index (χ2v) is 4.58. The van der Waals surface area contributed by atoms with E-state index in [0.717, 1.165) is 10.0 Å². The van der Waals surface area contributed by atoms with E-state index in [1.54, 1.807) is 0 Å². The van der Waals surface area contributed by atoms with Gasteiger partial charge in [0.1, 0.15) is 6.61 Å². The summed E-state index contributed by atoms with van der Waals surface area (Å²) in [6.45, 7) is 0.118. The average Bonchev–Trinajstić information content (AvgIpc) is 2.40. The molecule has 100 valence electrons. The Labute approximate surface area is 116 Å². The molecule has 0 saturated heterocycles. The number of pyridine rings is 1. The van der Waals surface area contributed by atoms with Crippen LogP contribution in [0.15, 0.2) is 34.8 Å². The van der Waals surface area contributed by atoms with Gasteiger partial charge in [0, 0.05) is 10.5 Å². The molecule has 4 nitrogen and oxygen atoms in total. The molecule has 0 aliphatic carbocycles. The molecule has 0 aliphatic heterocycles. The summed E-state index contributed by atoms with van der Waals surface area (Å²) >= 11 is 3.30. The fourth-order valence-electron chi connectivity index (χ4n) is 1.38. The molecule has 0 fully saturated rings. The highest BCUT2D eigenvalue weighted by molar-refractivity contribution is 9.10. The quantitative estimate of drug-likeness (QED) is 0.668. The molecule has 0 radical (unpaired) electrons. The predicted molar refractivity (Wildman–Crippen MR) is 70.4 cm³/mol. The minimum Gasteiger partial charge on any atom is -0.471 e. The first-order valence-electron chi connectivity index (χ1n) is 5.30. The van der Waals surface area contributed by atoms with Crippen LogP contribution in [0, 0.1) is 11.6 Å². The van der Waals surface area contributed by atoms with Gasteiger partial charge in [-0.15, -0.1) is 0 Å². The number of nitrogen functional groups attached to an aromatic ring is 1. The number of hydrogen-bond donors (Lipinski definition) is 2. The SMILES string of the molecule is NNc1nc(OCc2ccc(Br)cc2)c(F)cc1F. The van der Waals surface area contributed by atoms with Crippen LogP contribution in [-0.4, -0.2) is 4.98 Å². The van der Waals surface area contributed by atoms with E-state index >= 15 is 0 Å². The van der Waals surface area contributed by atoms with Gasteiger partial charge in [-0.2, -0.15) is 4.98 Å². The number of hydrazine groups is 1. The fraction of sp³-hybridized carbons (Fsp3) is 0.0833. The van der Waals surface area contributed by atoms with E-state index in [9.17, 15) is 8.78 Å². The zero-order valence-corrected chi connectivity index (χ0v) is 11.2. The summed E-state index contributed by atoms with van der Waals surface area (Å²) in [6.07, 6.45) is 0. The largest absolute Gasteiger partial charge is 0.471 e. The van der Waals surface area contributed by atoms with Crippen molar-refractivity contribution in [2.45, 2.75) is 6.61 Å². The van der Waals surface area contributed by atoms with Crippen LogP contribution in [0.4, 0.5) is 14.6 Å². The van der Waals surface area contributed by atoms with Crippen LogP contribution in [-0.2, 0) is 6.61 Å². The van der Waals surface area contributed by atoms with Crippen molar-refractivity contribution in [3.05, 3.63) is 52.0 Å². The molecule has 1 heterocycles. The lowest BCUT2D eigenvalue weighted by atomic mass is 10.2. The molecule has 7 heteroatoms. The van der Waals surface area contributed by atoms with Gasteiger partial charge in [-0.05, 0) is 17.7 Å². The molecule has 3 N–H and O–H groups in total. The van der Waals surface area contributed by atoms with Gasteiger partial charge >= 0.3 is 0 Å². The second kappa shape index (κ2) is 5.94. The molecule has 1 aromatic heterocycles. The zero-order chi connectivity index (χ0) is 13.8. The summed E-state index contributed by atoms with van der Waals surface area (Å²) in [6, 6.07) is 7.96. The van der Waals surface area contributed by atoms with Gasteiger partial charge in [0.2, 0.25) is 0 Å². The Hall–Kier alpha value is -1.73. The highest BCUT2D eigenvalue weighted by atomic mass is 79.9. The minimum atomic E-state index is -0.881. The Bertz CT molecular complexity index is 578. The molecule has 0 aliphatic rings. The number of ether oxygens (including phenoxy) is 1. The summed E-state index contributed by atoms with van der Waals surface area (Å²) in [7, 11) is 0. The number of rotatable bonds is 4. The first-order valence-corrected chi connectivity index (χ1v) is 6.09. The number of anilines is 1. The van der Waals surface area contributed by atoms with Gasteiger partial charge in [-0.25, -0.2) is 14.6 Å². The zero-order valence-electron chi connectivity index (χ0n) is 9.66. The Morgan fingerprint density at radius 2 is 1.89 bits per heavy atom. The van der Waals surface area contributed by atoms with Crippen LogP contribution in [0.1, 0.15) is 5.56 Å². The second-order valence-electron chi connectivity index (χ2n) is 3.67. The smallest absolute Gasteiger partial charge is 0.252 e. The molecule has 0 atom stereocenters. The minimum absolute atomic E-state index is 0.118. The molecule has 2 aromatic rings. The van der Waals surface area contributed by atoms with Gasteiger partial charge in [-0.1, -0.05) is 28.1 Å². The van der Waals surface area contributed by atoms with Gasteiger partial charge in [0.15, 0.2) is 17.5 Å². The topological polar surface area (TPSA) is 60.2 Å². The highest BCUT2D eigenvalue weighted by Crippen LogP contribution is 2.21. The number of hydrogen-bond acceptors (Lipinski definition) is 4. The maximum Gasteiger partial charge on any atom is 0.252 e. The normalized spacial score (nSPS) is 10.3. The molecule has 1 aromatic carbocycles. The number of nitrogens with one attached hydrogen (secondary N) is 1. The summed E-state index contributed by atoms with van der Waals surface area (Å²) < 4.78 is 32.7. The third-order valence-corrected chi connectivity index (χ3v) is 2.85. The van der Waals surface area contributed by atoms with Crippen LogP contribution in [0.5, 0.6) is 5.88 Å². The van der Waals surface area contributed by atoms with E-state index < -0.39 is 11.6 Å². The van der Waals surface area contributed by atoms with E-state index in [1.807, 2.05) is 29.7 Å². The molecular weight excluding hydrogens is 320 g/mol. The average molecular weight is 330 g/mol. The summed E-state index contributed by atoms with van der Waals surface area (Å²) in [5.74, 6) is 2.72. The molecule has 0 amide bonds. The van der Waals surface area contributed by atoms with Crippen LogP contribution in [0.2, 0.25) is 0 Å². The van der Waals surface area contributed by atoms with E-state index in [0.29, 0.717) is 6.07 Å². The maximum atomic E-state index is 13.4. The van der Waals surface area contributed by atoms with E-state index in [2.05, 4.69) is 20.9 Å². The number of benzene rings is 1. The van der Waals surface area contributed by atoms with E-state index in [1.165, 1.54) is 0 Å². The van der Waals surface area contributed by atoms with E-state index in [4.69, 9.17) is 10.6 Å². The van der Waals surface area contributed by atoms with Crippen molar-refractivity contribution in [3.8, 4) is 5.88 Å². The molecule has 0 unspecified atom stereocenters.